The van der Waals surface area contributed by atoms with Gasteiger partial charge in [0.2, 0.25) is 5.88 Å². The topological polar surface area (TPSA) is 113 Å². The van der Waals surface area contributed by atoms with Gasteiger partial charge in [-0.15, -0.1) is 0 Å². The van der Waals surface area contributed by atoms with Crippen molar-refractivity contribution in [3.05, 3.63) is 59.7 Å². The first kappa shape index (κ1) is 33.9. The molecule has 0 bridgehead atoms. The van der Waals surface area contributed by atoms with Gasteiger partial charge in [-0.25, -0.2) is 9.97 Å². The van der Waals surface area contributed by atoms with Gasteiger partial charge in [0, 0.05) is 81.3 Å². The number of hydrogen-bond acceptors (Lipinski definition) is 9. The molecule has 1 atom stereocenters. The first-order chi connectivity index (χ1) is 22.5. The monoisotopic (exact) mass is 655 g/mol. The van der Waals surface area contributed by atoms with Gasteiger partial charge in [0.1, 0.15) is 11.4 Å². The third-order valence-corrected chi connectivity index (χ3v) is 8.32. The first-order valence-corrected chi connectivity index (χ1v) is 15.9. The molecule has 2 aliphatic rings. The van der Waals surface area contributed by atoms with E-state index in [4.69, 9.17) is 14.5 Å². The van der Waals surface area contributed by atoms with Crippen molar-refractivity contribution in [2.24, 2.45) is 5.92 Å². The lowest BCUT2D eigenvalue weighted by atomic mass is 10.0. The number of carbonyl (C=O) groups is 2. The maximum atomic E-state index is 14.0. The van der Waals surface area contributed by atoms with Crippen LogP contribution < -0.4 is 19.7 Å². The summed E-state index contributed by atoms with van der Waals surface area (Å²) in [6, 6.07) is 7.48. The van der Waals surface area contributed by atoms with Crippen LogP contribution in [0.5, 0.6) is 11.6 Å². The van der Waals surface area contributed by atoms with E-state index in [1.165, 1.54) is 11.0 Å². The molecule has 2 fully saturated rings. The summed E-state index contributed by atoms with van der Waals surface area (Å²) in [4.78, 5) is 45.6. The van der Waals surface area contributed by atoms with E-state index in [9.17, 15) is 22.8 Å². The molecule has 0 radical (unpaired) electrons. The number of likely N-dealkylation sites (tertiary alicyclic amines) is 1. The third-order valence-electron chi connectivity index (χ3n) is 8.32. The normalized spacial score (nSPS) is 17.3. The largest absolute Gasteiger partial charge is 0.492 e. The highest BCUT2D eigenvalue weighted by atomic mass is 19.4. The number of piperazine rings is 1. The fraction of sp³-hybridized carbons (Fsp3) is 0.485. The van der Waals surface area contributed by atoms with Crippen molar-refractivity contribution in [2.75, 3.05) is 64.4 Å². The molecule has 5 rings (SSSR count). The van der Waals surface area contributed by atoms with Crippen molar-refractivity contribution in [3.8, 4) is 22.9 Å². The quantitative estimate of drug-likeness (QED) is 0.322. The average molecular weight is 656 g/mol. The molecule has 0 unspecified atom stereocenters. The number of amides is 2. The summed E-state index contributed by atoms with van der Waals surface area (Å²) in [6.07, 6.45) is -1.00. The van der Waals surface area contributed by atoms with Crippen LogP contribution in [0.3, 0.4) is 0 Å². The van der Waals surface area contributed by atoms with Crippen LogP contribution in [0.25, 0.3) is 11.3 Å². The van der Waals surface area contributed by atoms with E-state index < -0.39 is 23.3 Å². The van der Waals surface area contributed by atoms with Crippen LogP contribution in [-0.2, 0) is 6.18 Å². The van der Waals surface area contributed by atoms with Crippen LogP contribution in [0.1, 0.15) is 53.7 Å². The van der Waals surface area contributed by atoms with E-state index in [2.05, 4.69) is 20.2 Å². The molecule has 2 saturated heterocycles. The zero-order chi connectivity index (χ0) is 33.7. The molecular formula is C33H40F3N7O4. The van der Waals surface area contributed by atoms with Gasteiger partial charge in [0.05, 0.1) is 24.5 Å². The third kappa shape index (κ3) is 7.58. The summed E-state index contributed by atoms with van der Waals surface area (Å²) in [7, 11) is 2.02. The van der Waals surface area contributed by atoms with Gasteiger partial charge in [-0.1, -0.05) is 6.92 Å². The van der Waals surface area contributed by atoms with Crippen LogP contribution in [0.2, 0.25) is 0 Å². The zero-order valence-corrected chi connectivity index (χ0v) is 27.0. The Morgan fingerprint density at radius 2 is 1.79 bits per heavy atom. The van der Waals surface area contributed by atoms with Crippen LogP contribution >= 0.6 is 0 Å². The minimum absolute atomic E-state index is 0.115. The van der Waals surface area contributed by atoms with E-state index in [0.717, 1.165) is 19.2 Å². The molecule has 2 amide bonds. The smallest absolute Gasteiger partial charge is 0.434 e. The lowest BCUT2D eigenvalue weighted by molar-refractivity contribution is -0.141. The maximum Gasteiger partial charge on any atom is 0.434 e. The number of aromatic nitrogens is 3. The van der Waals surface area contributed by atoms with Crippen LogP contribution in [-0.4, -0.2) is 102 Å². The maximum absolute atomic E-state index is 14.0. The molecule has 11 nitrogen and oxygen atoms in total. The number of anilines is 1. The Morgan fingerprint density at radius 3 is 2.43 bits per heavy atom. The summed E-state index contributed by atoms with van der Waals surface area (Å²) in [6.45, 7) is 8.68. The van der Waals surface area contributed by atoms with Crippen LogP contribution in [0.4, 0.5) is 18.9 Å². The Morgan fingerprint density at radius 1 is 1.02 bits per heavy atom. The summed E-state index contributed by atoms with van der Waals surface area (Å²) in [5.41, 5.74) is 0.0743. The van der Waals surface area contributed by atoms with Crippen molar-refractivity contribution in [1.82, 2.24) is 30.1 Å². The lowest BCUT2D eigenvalue weighted by Crippen LogP contribution is -2.55. The molecule has 5 heterocycles. The number of alkyl halides is 3. The molecule has 1 N–H and O–H groups in total. The molecule has 14 heteroatoms. The second-order valence-corrected chi connectivity index (χ2v) is 11.7. The number of rotatable bonds is 11. The summed E-state index contributed by atoms with van der Waals surface area (Å²) >= 11 is 0. The molecule has 0 aromatic carbocycles. The molecule has 47 heavy (non-hydrogen) atoms. The van der Waals surface area contributed by atoms with E-state index in [-0.39, 0.29) is 49.8 Å². The van der Waals surface area contributed by atoms with Gasteiger partial charge in [0.25, 0.3) is 11.8 Å². The van der Waals surface area contributed by atoms with Crippen molar-refractivity contribution >= 4 is 17.5 Å². The Balaban J connectivity index is 1.47. The highest BCUT2D eigenvalue weighted by molar-refractivity contribution is 5.99. The summed E-state index contributed by atoms with van der Waals surface area (Å²) in [5, 5.41) is 3.05. The van der Waals surface area contributed by atoms with Crippen molar-refractivity contribution in [3.63, 3.8) is 0 Å². The fourth-order valence-electron chi connectivity index (χ4n) is 6.06. The van der Waals surface area contributed by atoms with E-state index in [1.807, 2.05) is 31.9 Å². The number of nitrogens with zero attached hydrogens (tertiary/aromatic N) is 6. The lowest BCUT2D eigenvalue weighted by Gasteiger charge is -2.43. The highest BCUT2D eigenvalue weighted by Gasteiger charge is 2.40. The van der Waals surface area contributed by atoms with Crippen molar-refractivity contribution in [1.29, 1.82) is 0 Å². The van der Waals surface area contributed by atoms with Gasteiger partial charge < -0.3 is 29.5 Å². The molecular weight excluding hydrogens is 615 g/mol. The predicted molar refractivity (Wildman–Crippen MR) is 170 cm³/mol. The van der Waals surface area contributed by atoms with Gasteiger partial charge in [-0.05, 0) is 45.5 Å². The summed E-state index contributed by atoms with van der Waals surface area (Å²) < 4.78 is 53.2. The molecule has 0 saturated carbocycles. The summed E-state index contributed by atoms with van der Waals surface area (Å²) in [5.74, 6) is -0.503. The van der Waals surface area contributed by atoms with Gasteiger partial charge in [-0.2, -0.15) is 13.2 Å². The number of ether oxygens (including phenoxy) is 2. The SMILES string of the molecule is CCOc1ccc(C(=O)N2CCN(c3cc(OCC)c(-c4cccnc4)nc3C(=O)NCC3CN(C)C3)[C@H](CC)C2)c(C(F)(F)F)n1. The van der Waals surface area contributed by atoms with Crippen LogP contribution in [0.15, 0.2) is 42.7 Å². The average Bonchev–Trinajstić information content (AvgIpc) is 3.05. The van der Waals surface area contributed by atoms with Crippen molar-refractivity contribution in [2.45, 2.75) is 39.4 Å². The van der Waals surface area contributed by atoms with E-state index in [0.29, 0.717) is 48.2 Å². The zero-order valence-electron chi connectivity index (χ0n) is 27.0. The second-order valence-electron chi connectivity index (χ2n) is 11.7. The number of halogens is 3. The molecule has 0 aliphatic carbocycles. The number of carbonyl (C=O) groups excluding carboxylic acids is 2. The van der Waals surface area contributed by atoms with Crippen molar-refractivity contribution < 1.29 is 32.2 Å². The predicted octanol–water partition coefficient (Wildman–Crippen LogP) is 4.39. The Bertz CT molecular complexity index is 1570. The number of hydrogen-bond donors (Lipinski definition) is 1. The molecule has 252 valence electrons. The van der Waals surface area contributed by atoms with E-state index >= 15 is 0 Å². The number of pyridine rings is 3. The Kier molecular flexibility index (Phi) is 10.5. The Labute approximate surface area is 272 Å². The van der Waals surface area contributed by atoms with Crippen LogP contribution in [0, 0.1) is 5.92 Å². The molecule has 3 aromatic heterocycles. The minimum atomic E-state index is -4.85. The standard InChI is InChI=1S/C33H40F3N7O4/c1-5-23-20-42(32(45)24-10-11-27(47-7-3)39-30(24)33(34,35)36)13-14-43(23)25-15-26(46-6-2)28(22-9-8-12-37-17-22)40-29(25)31(44)38-16-21-18-41(4)19-21/h8-12,15,17,21,23H,5-7,13-14,16,18-20H2,1-4H3,(H,38,44)/t23-/m1/s1. The molecule has 2 aliphatic heterocycles. The minimum Gasteiger partial charge on any atom is -0.492 e. The highest BCUT2D eigenvalue weighted by Crippen LogP contribution is 2.37. The fourth-order valence-corrected chi connectivity index (χ4v) is 6.06. The number of nitrogens with one attached hydrogen (secondary N) is 1. The Hall–Kier alpha value is -4.46. The van der Waals surface area contributed by atoms with Gasteiger partial charge in [0.15, 0.2) is 11.4 Å². The first-order valence-electron chi connectivity index (χ1n) is 15.9. The van der Waals surface area contributed by atoms with E-state index in [1.54, 1.807) is 31.5 Å². The van der Waals surface area contributed by atoms with Gasteiger partial charge >= 0.3 is 6.18 Å². The van der Waals surface area contributed by atoms with Gasteiger partial charge in [-0.3, -0.25) is 14.6 Å². The molecule has 3 aromatic rings. The molecule has 0 spiro atoms. The second kappa shape index (κ2) is 14.5.